The zero-order valence-electron chi connectivity index (χ0n) is 14.5. The minimum absolute atomic E-state index is 0.129. The van der Waals surface area contributed by atoms with Crippen LogP contribution in [0.3, 0.4) is 0 Å². The van der Waals surface area contributed by atoms with Crippen molar-refractivity contribution >= 4 is 23.7 Å². The van der Waals surface area contributed by atoms with Gasteiger partial charge < -0.3 is 15.2 Å². The lowest BCUT2D eigenvalue weighted by Gasteiger charge is -2.22. The highest BCUT2D eigenvalue weighted by molar-refractivity contribution is 6.07. The molecule has 1 fully saturated rings. The molecule has 0 radical (unpaired) electrons. The molecule has 1 heterocycles. The number of carbonyl (C=O) groups excluding carboxylic acids is 3. The van der Waals surface area contributed by atoms with E-state index in [4.69, 9.17) is 4.74 Å². The maximum Gasteiger partial charge on any atom is 0.326 e. The Morgan fingerprint density at radius 2 is 1.96 bits per heavy atom. The van der Waals surface area contributed by atoms with Gasteiger partial charge in [-0.1, -0.05) is 18.2 Å². The number of aliphatic carboxylic acids is 1. The van der Waals surface area contributed by atoms with Crippen LogP contribution in [-0.4, -0.2) is 59.5 Å². The van der Waals surface area contributed by atoms with Crippen molar-refractivity contribution in [2.75, 3.05) is 13.7 Å². The van der Waals surface area contributed by atoms with Crippen LogP contribution in [0, 0.1) is 0 Å². The van der Waals surface area contributed by atoms with Crippen LogP contribution in [0.2, 0.25) is 0 Å². The minimum Gasteiger partial charge on any atom is -0.480 e. The molecule has 0 saturated carbocycles. The molecule has 1 aromatic carbocycles. The first-order chi connectivity index (χ1) is 12.5. The molecule has 26 heavy (non-hydrogen) atoms. The summed E-state index contributed by atoms with van der Waals surface area (Å²) in [5.74, 6) is -2.57. The van der Waals surface area contributed by atoms with Gasteiger partial charge in [-0.15, -0.1) is 0 Å². The van der Waals surface area contributed by atoms with E-state index in [0.717, 1.165) is 4.90 Å². The summed E-state index contributed by atoms with van der Waals surface area (Å²) in [5, 5.41) is 12.1. The number of benzene rings is 1. The van der Waals surface area contributed by atoms with Crippen molar-refractivity contribution in [1.29, 1.82) is 0 Å². The third-order valence-electron chi connectivity index (χ3n) is 4.25. The molecule has 1 unspecified atom stereocenters. The number of hydrogen-bond acceptors (Lipinski definition) is 5. The Balaban J connectivity index is 1.81. The molecule has 8 nitrogen and oxygen atoms in total. The third kappa shape index (κ3) is 4.66. The summed E-state index contributed by atoms with van der Waals surface area (Å²) in [6, 6.07) is 7.55. The first kappa shape index (κ1) is 19.6. The van der Waals surface area contributed by atoms with E-state index in [1.54, 1.807) is 24.3 Å². The second kappa shape index (κ2) is 9.10. The van der Waals surface area contributed by atoms with Crippen molar-refractivity contribution in [3.63, 3.8) is 0 Å². The van der Waals surface area contributed by atoms with Gasteiger partial charge >= 0.3 is 5.97 Å². The van der Waals surface area contributed by atoms with Crippen molar-refractivity contribution in [3.05, 3.63) is 35.9 Å². The molecule has 140 valence electrons. The van der Waals surface area contributed by atoms with Gasteiger partial charge in [-0.05, 0) is 31.4 Å². The Kier molecular flexibility index (Phi) is 6.85. The zero-order valence-corrected chi connectivity index (χ0v) is 14.5. The van der Waals surface area contributed by atoms with Crippen LogP contribution in [0.15, 0.2) is 30.3 Å². The SMILES string of the molecule is COC1CC(=O)N([C@@H](CCCCNC(=O)c2ccccc2)C(=O)O)C1=O. The first-order valence-corrected chi connectivity index (χ1v) is 8.40. The Morgan fingerprint density at radius 1 is 1.27 bits per heavy atom. The Morgan fingerprint density at radius 3 is 2.54 bits per heavy atom. The van der Waals surface area contributed by atoms with E-state index in [1.807, 2.05) is 6.07 Å². The molecule has 0 aromatic heterocycles. The minimum atomic E-state index is -1.23. The van der Waals surface area contributed by atoms with Crippen molar-refractivity contribution in [1.82, 2.24) is 10.2 Å². The maximum atomic E-state index is 12.1. The molecule has 3 amide bonds. The number of rotatable bonds is 9. The van der Waals surface area contributed by atoms with Gasteiger partial charge in [-0.25, -0.2) is 4.79 Å². The highest BCUT2D eigenvalue weighted by Gasteiger charge is 2.44. The van der Waals surface area contributed by atoms with Crippen molar-refractivity contribution < 1.29 is 29.0 Å². The number of amides is 3. The summed E-state index contributed by atoms with van der Waals surface area (Å²) in [6.07, 6.45) is 0.0681. The molecule has 8 heteroatoms. The van der Waals surface area contributed by atoms with E-state index >= 15 is 0 Å². The average molecular weight is 362 g/mol. The van der Waals surface area contributed by atoms with E-state index < -0.39 is 29.9 Å². The van der Waals surface area contributed by atoms with Gasteiger partial charge in [0.05, 0.1) is 6.42 Å². The van der Waals surface area contributed by atoms with Gasteiger partial charge in [0, 0.05) is 19.2 Å². The third-order valence-corrected chi connectivity index (χ3v) is 4.25. The largest absolute Gasteiger partial charge is 0.480 e. The highest BCUT2D eigenvalue weighted by atomic mass is 16.5. The topological polar surface area (TPSA) is 113 Å². The van der Waals surface area contributed by atoms with E-state index in [9.17, 15) is 24.3 Å². The molecule has 2 atom stereocenters. The summed E-state index contributed by atoms with van der Waals surface area (Å²) < 4.78 is 4.91. The molecular formula is C18H22N2O6. The number of hydrogen-bond donors (Lipinski definition) is 2. The number of methoxy groups -OCH3 is 1. The van der Waals surface area contributed by atoms with Gasteiger partial charge in [0.2, 0.25) is 5.91 Å². The number of unbranched alkanes of at least 4 members (excludes halogenated alkanes) is 1. The van der Waals surface area contributed by atoms with Crippen LogP contribution in [0.5, 0.6) is 0 Å². The Bertz CT molecular complexity index is 676. The lowest BCUT2D eigenvalue weighted by atomic mass is 10.1. The van der Waals surface area contributed by atoms with Gasteiger partial charge in [-0.3, -0.25) is 19.3 Å². The predicted octanol–water partition coefficient (Wildman–Crippen LogP) is 0.814. The highest BCUT2D eigenvalue weighted by Crippen LogP contribution is 2.21. The predicted molar refractivity (Wildman–Crippen MR) is 91.3 cm³/mol. The summed E-state index contributed by atoms with van der Waals surface area (Å²) >= 11 is 0. The zero-order chi connectivity index (χ0) is 19.1. The molecule has 1 saturated heterocycles. The Hall–Kier alpha value is -2.74. The fourth-order valence-electron chi connectivity index (χ4n) is 2.85. The molecule has 1 aromatic rings. The molecule has 0 aliphatic carbocycles. The quantitative estimate of drug-likeness (QED) is 0.497. The summed E-state index contributed by atoms with van der Waals surface area (Å²) in [6.45, 7) is 0.378. The number of likely N-dealkylation sites (tertiary alicyclic amines) is 1. The molecular weight excluding hydrogens is 340 g/mol. The van der Waals surface area contributed by atoms with Crippen LogP contribution >= 0.6 is 0 Å². The molecule has 1 aliphatic heterocycles. The normalized spacial score (nSPS) is 18.0. The van der Waals surface area contributed by atoms with Crippen molar-refractivity contribution in [2.45, 2.75) is 37.8 Å². The van der Waals surface area contributed by atoms with Crippen LogP contribution in [0.4, 0.5) is 0 Å². The monoisotopic (exact) mass is 362 g/mol. The number of ether oxygens (including phenoxy) is 1. The van der Waals surface area contributed by atoms with Crippen molar-refractivity contribution in [3.8, 4) is 0 Å². The van der Waals surface area contributed by atoms with Crippen LogP contribution in [-0.2, 0) is 19.1 Å². The molecule has 2 rings (SSSR count). The number of carboxylic acid groups (broad SMARTS) is 1. The lowest BCUT2D eigenvalue weighted by Crippen LogP contribution is -2.46. The fourth-order valence-corrected chi connectivity index (χ4v) is 2.85. The summed E-state index contributed by atoms with van der Waals surface area (Å²) in [5.41, 5.74) is 0.551. The lowest BCUT2D eigenvalue weighted by molar-refractivity contribution is -0.156. The fraction of sp³-hybridized carbons (Fsp3) is 0.444. The van der Waals surface area contributed by atoms with Crippen molar-refractivity contribution in [2.24, 2.45) is 0 Å². The van der Waals surface area contributed by atoms with Crippen LogP contribution < -0.4 is 5.32 Å². The smallest absolute Gasteiger partial charge is 0.326 e. The van der Waals surface area contributed by atoms with E-state index in [0.29, 0.717) is 24.9 Å². The summed E-state index contributed by atoms with van der Waals surface area (Å²) in [4.78, 5) is 48.2. The van der Waals surface area contributed by atoms with Gasteiger partial charge in [0.25, 0.3) is 11.8 Å². The van der Waals surface area contributed by atoms with Gasteiger partial charge in [0.15, 0.2) is 0 Å². The maximum absolute atomic E-state index is 12.1. The molecule has 2 N–H and O–H groups in total. The number of nitrogens with zero attached hydrogens (tertiary/aromatic N) is 1. The van der Waals surface area contributed by atoms with E-state index in [1.165, 1.54) is 7.11 Å². The number of imide groups is 1. The molecule has 0 bridgehead atoms. The average Bonchev–Trinajstić information content (AvgIpc) is 2.92. The number of carbonyl (C=O) groups is 4. The van der Waals surface area contributed by atoms with Crippen LogP contribution in [0.25, 0.3) is 0 Å². The number of carboxylic acids is 1. The Labute approximate surface area is 151 Å². The summed E-state index contributed by atoms with van der Waals surface area (Å²) in [7, 11) is 1.31. The van der Waals surface area contributed by atoms with Gasteiger partial charge in [-0.2, -0.15) is 0 Å². The van der Waals surface area contributed by atoms with Crippen LogP contribution in [0.1, 0.15) is 36.0 Å². The van der Waals surface area contributed by atoms with E-state index in [2.05, 4.69) is 5.32 Å². The van der Waals surface area contributed by atoms with E-state index in [-0.39, 0.29) is 18.7 Å². The first-order valence-electron chi connectivity index (χ1n) is 8.40. The standard InChI is InChI=1S/C18H22N2O6/c1-26-14-11-15(21)20(17(14)23)13(18(24)25)9-5-6-10-19-16(22)12-7-3-2-4-8-12/h2-4,7-8,13-14H,5-6,9-11H2,1H3,(H,19,22)(H,24,25)/t13-,14?/m0/s1. The molecule has 1 aliphatic rings. The second-order valence-electron chi connectivity index (χ2n) is 6.00. The number of nitrogens with one attached hydrogen (secondary N) is 1. The molecule has 0 spiro atoms. The van der Waals surface area contributed by atoms with Gasteiger partial charge in [0.1, 0.15) is 12.1 Å². The second-order valence-corrected chi connectivity index (χ2v) is 6.00.